The van der Waals surface area contributed by atoms with E-state index in [-0.39, 0.29) is 49.9 Å². The first-order chi connectivity index (χ1) is 26.0. The molecule has 9 rings (SSSR count). The zero-order valence-electron chi connectivity index (χ0n) is 32.5. The third-order valence-electron chi connectivity index (χ3n) is 11.5. The Morgan fingerprint density at radius 2 is 1.55 bits per heavy atom. The first-order valence-electron chi connectivity index (χ1n) is 19.1. The van der Waals surface area contributed by atoms with Gasteiger partial charge in [0.05, 0.1) is 12.1 Å². The number of aromatic nitrogens is 1. The molecule has 0 unspecified atom stereocenters. The fraction of sp³-hybridized carbons (Fsp3) is 0.265. The third kappa shape index (κ3) is 6.41. The number of aliphatic imine (C=N–C) groups is 1. The number of pyridine rings is 1. The number of benzene rings is 5. The van der Waals surface area contributed by atoms with Gasteiger partial charge in [-0.25, -0.2) is 4.98 Å². The van der Waals surface area contributed by atoms with E-state index in [9.17, 15) is 0 Å². The van der Waals surface area contributed by atoms with E-state index < -0.39 is 0 Å². The number of hydrogen-bond donors (Lipinski definition) is 0. The van der Waals surface area contributed by atoms with Crippen LogP contribution >= 0.6 is 0 Å². The number of ether oxygens (including phenoxy) is 1. The number of fused-ring (bicyclic) bond motifs is 5. The summed E-state index contributed by atoms with van der Waals surface area (Å²) in [6, 6.07) is 48.6. The molecule has 1 aromatic heterocycles. The summed E-state index contributed by atoms with van der Waals surface area (Å²) in [5.41, 5.74) is 11.5. The number of hydrogen-bond acceptors (Lipinski definition) is 5. The summed E-state index contributed by atoms with van der Waals surface area (Å²) < 4.78 is 6.81. The van der Waals surface area contributed by atoms with Gasteiger partial charge >= 0.3 is 21.1 Å². The first kappa shape index (κ1) is 37.0. The van der Waals surface area contributed by atoms with Crippen LogP contribution in [-0.4, -0.2) is 15.7 Å². The molecule has 3 aliphatic rings. The van der Waals surface area contributed by atoms with Crippen molar-refractivity contribution in [2.45, 2.75) is 83.8 Å². The maximum absolute atomic E-state index is 6.81. The van der Waals surface area contributed by atoms with Crippen molar-refractivity contribution in [3.05, 3.63) is 178 Å². The summed E-state index contributed by atoms with van der Waals surface area (Å²) in [6.07, 6.45) is 1.92. The molecule has 0 saturated heterocycles. The molecule has 0 N–H and O–H groups in total. The number of para-hydroxylation sites is 1. The van der Waals surface area contributed by atoms with E-state index in [0.717, 1.165) is 35.1 Å². The molecule has 0 amide bonds. The van der Waals surface area contributed by atoms with Gasteiger partial charge in [-0.1, -0.05) is 139 Å². The van der Waals surface area contributed by atoms with E-state index in [4.69, 9.17) is 14.7 Å². The summed E-state index contributed by atoms with van der Waals surface area (Å²) in [4.78, 5) is 15.1. The van der Waals surface area contributed by atoms with Gasteiger partial charge in [0.2, 0.25) is 0 Å². The SMILES string of the molecule is CC(C)c1cc(Oc2[c-]c3c(cc2)C(C)(C)c2ccccc2N3c2cc(C(C)(C)C)ccn2)[c-]c(C2=N[C@H](c3ccccc3)[C@@H]3c4ccccc4CN23)c1.[Pt+2]. The Hall–Kier alpha value is -4.99. The zero-order chi connectivity index (χ0) is 37.4. The van der Waals surface area contributed by atoms with E-state index in [1.54, 1.807) is 0 Å². The number of nitrogens with zero attached hydrogens (tertiary/aromatic N) is 4. The van der Waals surface area contributed by atoms with Gasteiger partial charge in [0.1, 0.15) is 5.82 Å². The molecule has 0 saturated carbocycles. The summed E-state index contributed by atoms with van der Waals surface area (Å²) >= 11 is 0. The minimum absolute atomic E-state index is 0. The number of amidine groups is 1. The molecule has 3 aliphatic heterocycles. The van der Waals surface area contributed by atoms with Crippen LogP contribution in [0.2, 0.25) is 0 Å². The van der Waals surface area contributed by atoms with Crippen molar-refractivity contribution in [2.24, 2.45) is 4.99 Å². The second-order valence-electron chi connectivity index (χ2n) is 16.7. The molecule has 0 spiro atoms. The van der Waals surface area contributed by atoms with Crippen LogP contribution < -0.4 is 9.64 Å². The maximum atomic E-state index is 6.81. The van der Waals surface area contributed by atoms with Gasteiger partial charge in [-0.15, -0.1) is 34.9 Å². The van der Waals surface area contributed by atoms with Crippen molar-refractivity contribution < 1.29 is 25.8 Å². The van der Waals surface area contributed by atoms with Crippen molar-refractivity contribution in [3.63, 3.8) is 0 Å². The van der Waals surface area contributed by atoms with E-state index >= 15 is 0 Å². The molecule has 5 nitrogen and oxygen atoms in total. The van der Waals surface area contributed by atoms with Gasteiger partial charge in [0, 0.05) is 35.8 Å². The van der Waals surface area contributed by atoms with Crippen LogP contribution in [0.4, 0.5) is 17.2 Å². The summed E-state index contributed by atoms with van der Waals surface area (Å²) in [5, 5.41) is 0. The van der Waals surface area contributed by atoms with Crippen LogP contribution in [0.15, 0.2) is 126 Å². The molecule has 0 aliphatic carbocycles. The Morgan fingerprint density at radius 3 is 2.33 bits per heavy atom. The second kappa shape index (κ2) is 13.9. The molecular formula is C49H46N4OPt. The molecule has 6 heteroatoms. The third-order valence-corrected chi connectivity index (χ3v) is 11.5. The van der Waals surface area contributed by atoms with Crippen LogP contribution in [0.1, 0.15) is 111 Å². The van der Waals surface area contributed by atoms with Crippen molar-refractivity contribution >= 4 is 23.0 Å². The van der Waals surface area contributed by atoms with Crippen LogP contribution in [0.5, 0.6) is 11.5 Å². The Balaban J connectivity index is 0.00000427. The monoisotopic (exact) mass is 901 g/mol. The topological polar surface area (TPSA) is 41.0 Å². The van der Waals surface area contributed by atoms with Crippen LogP contribution in [0.3, 0.4) is 0 Å². The van der Waals surface area contributed by atoms with Crippen molar-refractivity contribution in [1.82, 2.24) is 9.88 Å². The van der Waals surface area contributed by atoms with Gasteiger partial charge in [0.25, 0.3) is 0 Å². The fourth-order valence-electron chi connectivity index (χ4n) is 8.47. The van der Waals surface area contributed by atoms with Crippen molar-refractivity contribution in [3.8, 4) is 11.5 Å². The molecule has 4 heterocycles. The Kier molecular flexibility index (Phi) is 9.37. The summed E-state index contributed by atoms with van der Waals surface area (Å²) in [6.45, 7) is 16.6. The van der Waals surface area contributed by atoms with Crippen LogP contribution in [0.25, 0.3) is 0 Å². The molecular weight excluding hydrogens is 856 g/mol. The van der Waals surface area contributed by atoms with Crippen LogP contribution in [-0.2, 0) is 38.4 Å². The van der Waals surface area contributed by atoms with Gasteiger partial charge in [-0.05, 0) is 62.8 Å². The molecule has 0 bridgehead atoms. The largest absolute Gasteiger partial charge is 2.00 e. The minimum Gasteiger partial charge on any atom is -0.503 e. The fourth-order valence-corrected chi connectivity index (χ4v) is 8.47. The van der Waals surface area contributed by atoms with Gasteiger partial charge in [0.15, 0.2) is 0 Å². The minimum atomic E-state index is -0.254. The van der Waals surface area contributed by atoms with E-state index in [2.05, 4.69) is 180 Å². The van der Waals surface area contributed by atoms with E-state index in [0.29, 0.717) is 11.5 Å². The molecule has 0 fully saturated rings. The first-order valence-corrected chi connectivity index (χ1v) is 19.1. The predicted molar refractivity (Wildman–Crippen MR) is 218 cm³/mol. The Bertz CT molecular complexity index is 2430. The smallest absolute Gasteiger partial charge is 0.503 e. The Labute approximate surface area is 340 Å². The number of anilines is 3. The second-order valence-corrected chi connectivity index (χ2v) is 16.7. The average molecular weight is 902 g/mol. The summed E-state index contributed by atoms with van der Waals surface area (Å²) in [5.74, 6) is 3.39. The zero-order valence-corrected chi connectivity index (χ0v) is 34.8. The molecule has 5 aromatic carbocycles. The predicted octanol–water partition coefficient (Wildman–Crippen LogP) is 12.1. The van der Waals surface area contributed by atoms with Gasteiger partial charge in [-0.3, -0.25) is 0 Å². The van der Waals surface area contributed by atoms with Gasteiger partial charge in [-0.2, -0.15) is 6.07 Å². The standard InChI is InChI=1S/C49H46N4O.Pt/c1-31(2)34-25-35(47-51-45(32-15-9-8-10-16-32)46-39-18-12-11-17-33(39)30-52(46)47)27-38(26-34)54-37-21-22-41-43(29-37)53(42-20-14-13-19-40(42)49(41,6)7)44-28-36(23-24-50-44)48(3,4)5;/h8-26,28,31,45-46H,30H2,1-7H3;/q-2;+2/t45-,46+;/m1./s1. The molecule has 2 atom stereocenters. The van der Waals surface area contributed by atoms with Gasteiger partial charge < -0.3 is 19.5 Å². The van der Waals surface area contributed by atoms with E-state index in [1.807, 2.05) is 12.3 Å². The quantitative estimate of drug-likeness (QED) is 0.156. The summed E-state index contributed by atoms with van der Waals surface area (Å²) in [7, 11) is 0. The molecule has 55 heavy (non-hydrogen) atoms. The molecule has 0 radical (unpaired) electrons. The van der Waals surface area contributed by atoms with E-state index in [1.165, 1.54) is 38.9 Å². The molecule has 6 aromatic rings. The average Bonchev–Trinajstić information content (AvgIpc) is 3.73. The number of rotatable bonds is 6. The normalized spacial score (nSPS) is 17.9. The maximum Gasteiger partial charge on any atom is 2.00 e. The Morgan fingerprint density at radius 1 is 0.800 bits per heavy atom. The molecule has 278 valence electrons. The van der Waals surface area contributed by atoms with Crippen molar-refractivity contribution in [2.75, 3.05) is 4.90 Å². The van der Waals surface area contributed by atoms with Crippen LogP contribution in [0, 0.1) is 12.1 Å². The van der Waals surface area contributed by atoms with Crippen molar-refractivity contribution in [1.29, 1.82) is 0 Å².